The van der Waals surface area contributed by atoms with E-state index in [-0.39, 0.29) is 12.1 Å². The van der Waals surface area contributed by atoms with E-state index in [0.717, 1.165) is 28.0 Å². The van der Waals surface area contributed by atoms with Crippen LogP contribution in [-0.4, -0.2) is 36.8 Å². The summed E-state index contributed by atoms with van der Waals surface area (Å²) >= 11 is 0. The number of hydrogen-bond donors (Lipinski definition) is 3. The van der Waals surface area contributed by atoms with Gasteiger partial charge in [0.2, 0.25) is 0 Å². The van der Waals surface area contributed by atoms with Gasteiger partial charge < -0.3 is 25.1 Å². The van der Waals surface area contributed by atoms with E-state index in [4.69, 9.17) is 14.5 Å². The number of benzene rings is 3. The number of carbonyl (C=O) groups excluding carboxylic acids is 1. The Morgan fingerprint density at radius 3 is 2.45 bits per heavy atom. The van der Waals surface area contributed by atoms with Gasteiger partial charge in [0.25, 0.3) is 0 Å². The standard InChI is InChI=1S/C26H28N4O3/c1-32-23-13-12-19(17-24(23)33-2)14-15-27-26(31)30-22(16-18-8-4-3-5-9-18)25-28-20-10-6-7-11-21(20)29-25/h3-13,17,22H,14-16H2,1-2H3,(H,28,29)(H2,27,30,31)/t22-/m0/s1. The highest BCUT2D eigenvalue weighted by molar-refractivity contribution is 5.76. The lowest BCUT2D eigenvalue weighted by molar-refractivity contribution is 0.236. The zero-order valence-electron chi connectivity index (χ0n) is 18.8. The minimum absolute atomic E-state index is 0.239. The maximum Gasteiger partial charge on any atom is 0.315 e. The van der Waals surface area contributed by atoms with Crippen LogP contribution in [0.4, 0.5) is 4.79 Å². The first-order valence-electron chi connectivity index (χ1n) is 10.9. The number of para-hydroxylation sites is 2. The largest absolute Gasteiger partial charge is 0.493 e. The van der Waals surface area contributed by atoms with Gasteiger partial charge in [0.05, 0.1) is 31.3 Å². The molecular formula is C26H28N4O3. The Morgan fingerprint density at radius 2 is 1.70 bits per heavy atom. The Bertz CT molecular complexity index is 1170. The quantitative estimate of drug-likeness (QED) is 0.357. The number of aromatic amines is 1. The highest BCUT2D eigenvalue weighted by Crippen LogP contribution is 2.27. The average molecular weight is 445 g/mol. The van der Waals surface area contributed by atoms with Crippen molar-refractivity contribution in [2.75, 3.05) is 20.8 Å². The topological polar surface area (TPSA) is 88.3 Å². The molecule has 4 rings (SSSR count). The SMILES string of the molecule is COc1ccc(CCNC(=O)N[C@@H](Cc2ccccc2)c2nc3ccccc3[nH]2)cc1OC. The molecule has 0 aliphatic rings. The fourth-order valence-corrected chi connectivity index (χ4v) is 3.77. The van der Waals surface area contributed by atoms with E-state index in [0.29, 0.717) is 30.9 Å². The lowest BCUT2D eigenvalue weighted by Gasteiger charge is -2.18. The van der Waals surface area contributed by atoms with E-state index in [1.165, 1.54) is 0 Å². The first kappa shape index (κ1) is 22.2. The third-order valence-corrected chi connectivity index (χ3v) is 5.47. The molecule has 0 bridgehead atoms. The fraction of sp³-hybridized carbons (Fsp3) is 0.231. The monoisotopic (exact) mass is 444 g/mol. The highest BCUT2D eigenvalue weighted by Gasteiger charge is 2.19. The second kappa shape index (κ2) is 10.5. The van der Waals surface area contributed by atoms with Gasteiger partial charge in [0, 0.05) is 6.54 Å². The summed E-state index contributed by atoms with van der Waals surface area (Å²) in [6.45, 7) is 0.486. The molecule has 0 unspecified atom stereocenters. The number of nitrogens with zero attached hydrogens (tertiary/aromatic N) is 1. The summed E-state index contributed by atoms with van der Waals surface area (Å²) < 4.78 is 10.6. The van der Waals surface area contributed by atoms with E-state index < -0.39 is 0 Å². The Kier molecular flexibility index (Phi) is 7.09. The lowest BCUT2D eigenvalue weighted by Crippen LogP contribution is -2.40. The van der Waals surface area contributed by atoms with Crippen molar-refractivity contribution in [3.63, 3.8) is 0 Å². The van der Waals surface area contributed by atoms with E-state index in [1.807, 2.05) is 72.8 Å². The summed E-state index contributed by atoms with van der Waals surface area (Å²) in [6.07, 6.45) is 1.30. The molecule has 0 aliphatic carbocycles. The summed E-state index contributed by atoms with van der Waals surface area (Å²) in [5.74, 6) is 2.09. The van der Waals surface area contributed by atoms with Gasteiger partial charge in [-0.05, 0) is 48.2 Å². The second-order valence-corrected chi connectivity index (χ2v) is 7.72. The molecule has 1 heterocycles. The number of carbonyl (C=O) groups is 1. The van der Waals surface area contributed by atoms with Crippen LogP contribution in [0, 0.1) is 0 Å². The average Bonchev–Trinajstić information content (AvgIpc) is 3.28. The van der Waals surface area contributed by atoms with Crippen LogP contribution in [0.2, 0.25) is 0 Å². The number of methoxy groups -OCH3 is 2. The molecule has 0 aliphatic heterocycles. The predicted molar refractivity (Wildman–Crippen MR) is 129 cm³/mol. The van der Waals surface area contributed by atoms with E-state index in [1.54, 1.807) is 14.2 Å². The van der Waals surface area contributed by atoms with Crippen molar-refractivity contribution in [1.82, 2.24) is 20.6 Å². The first-order valence-corrected chi connectivity index (χ1v) is 10.9. The molecule has 3 N–H and O–H groups in total. The van der Waals surface area contributed by atoms with Gasteiger partial charge in [-0.2, -0.15) is 0 Å². The molecule has 33 heavy (non-hydrogen) atoms. The van der Waals surface area contributed by atoms with Crippen molar-refractivity contribution >= 4 is 17.1 Å². The molecule has 7 nitrogen and oxygen atoms in total. The number of fused-ring (bicyclic) bond motifs is 1. The molecule has 2 amide bonds. The van der Waals surface area contributed by atoms with Crippen LogP contribution in [0.3, 0.4) is 0 Å². The van der Waals surface area contributed by atoms with E-state index >= 15 is 0 Å². The number of rotatable bonds is 9. The van der Waals surface area contributed by atoms with Gasteiger partial charge in [0.1, 0.15) is 5.82 Å². The summed E-state index contributed by atoms with van der Waals surface area (Å²) in [6, 6.07) is 23.1. The number of aromatic nitrogens is 2. The maximum absolute atomic E-state index is 12.7. The molecule has 0 fully saturated rings. The summed E-state index contributed by atoms with van der Waals surface area (Å²) in [5.41, 5.74) is 3.99. The Labute approximate surface area is 193 Å². The number of urea groups is 1. The number of ether oxygens (including phenoxy) is 2. The molecular weight excluding hydrogens is 416 g/mol. The van der Waals surface area contributed by atoms with Gasteiger partial charge >= 0.3 is 6.03 Å². The smallest absolute Gasteiger partial charge is 0.315 e. The summed E-state index contributed by atoms with van der Waals surface area (Å²) in [5, 5.41) is 6.03. The molecule has 1 atom stereocenters. The van der Waals surface area contributed by atoms with Crippen LogP contribution in [0.1, 0.15) is 23.0 Å². The zero-order chi connectivity index (χ0) is 23.0. The Morgan fingerprint density at radius 1 is 0.939 bits per heavy atom. The number of amides is 2. The first-order chi connectivity index (χ1) is 16.2. The molecule has 3 aromatic carbocycles. The van der Waals surface area contributed by atoms with Crippen LogP contribution in [0.25, 0.3) is 11.0 Å². The van der Waals surface area contributed by atoms with Crippen LogP contribution in [0.15, 0.2) is 72.8 Å². The Balaban J connectivity index is 1.41. The fourth-order valence-electron chi connectivity index (χ4n) is 3.77. The van der Waals surface area contributed by atoms with E-state index in [9.17, 15) is 4.79 Å². The van der Waals surface area contributed by atoms with Crippen molar-refractivity contribution in [1.29, 1.82) is 0 Å². The molecule has 1 aromatic heterocycles. The molecule has 0 spiro atoms. The predicted octanol–water partition coefficient (Wildman–Crippen LogP) is 4.41. The number of hydrogen-bond acceptors (Lipinski definition) is 4. The highest BCUT2D eigenvalue weighted by atomic mass is 16.5. The lowest BCUT2D eigenvalue weighted by atomic mass is 10.1. The van der Waals surface area contributed by atoms with Gasteiger partial charge in [0.15, 0.2) is 11.5 Å². The second-order valence-electron chi connectivity index (χ2n) is 7.72. The summed E-state index contributed by atoms with van der Waals surface area (Å²) in [4.78, 5) is 20.8. The minimum Gasteiger partial charge on any atom is -0.493 e. The van der Waals surface area contributed by atoms with Crippen molar-refractivity contribution in [2.24, 2.45) is 0 Å². The van der Waals surface area contributed by atoms with E-state index in [2.05, 4.69) is 15.6 Å². The zero-order valence-corrected chi connectivity index (χ0v) is 18.8. The number of H-pyrrole nitrogens is 1. The molecule has 4 aromatic rings. The van der Waals surface area contributed by atoms with Gasteiger partial charge in [-0.15, -0.1) is 0 Å². The Hall–Kier alpha value is -4.00. The van der Waals surface area contributed by atoms with Crippen molar-refractivity contribution < 1.29 is 14.3 Å². The van der Waals surface area contributed by atoms with Crippen LogP contribution in [-0.2, 0) is 12.8 Å². The van der Waals surface area contributed by atoms with Crippen molar-refractivity contribution in [3.8, 4) is 11.5 Å². The number of imidazole rings is 1. The third kappa shape index (κ3) is 5.63. The van der Waals surface area contributed by atoms with Gasteiger partial charge in [-0.3, -0.25) is 0 Å². The van der Waals surface area contributed by atoms with Crippen molar-refractivity contribution in [3.05, 3.63) is 89.7 Å². The maximum atomic E-state index is 12.7. The van der Waals surface area contributed by atoms with Crippen molar-refractivity contribution in [2.45, 2.75) is 18.9 Å². The molecule has 0 radical (unpaired) electrons. The molecule has 170 valence electrons. The van der Waals surface area contributed by atoms with Crippen LogP contribution >= 0.6 is 0 Å². The van der Waals surface area contributed by atoms with Crippen LogP contribution in [0.5, 0.6) is 11.5 Å². The van der Waals surface area contributed by atoms with Gasteiger partial charge in [-0.25, -0.2) is 9.78 Å². The molecule has 7 heteroatoms. The molecule has 0 saturated carbocycles. The normalized spacial score (nSPS) is 11.7. The van der Waals surface area contributed by atoms with Gasteiger partial charge in [-0.1, -0.05) is 48.5 Å². The number of nitrogens with one attached hydrogen (secondary N) is 3. The summed E-state index contributed by atoms with van der Waals surface area (Å²) in [7, 11) is 3.22. The third-order valence-electron chi connectivity index (χ3n) is 5.47. The minimum atomic E-state index is -0.291. The molecule has 0 saturated heterocycles. The van der Waals surface area contributed by atoms with Crippen LogP contribution < -0.4 is 20.1 Å².